The molecule has 8 heteroatoms. The molecule has 0 saturated heterocycles. The Morgan fingerprint density at radius 1 is 1.27 bits per heavy atom. The van der Waals surface area contributed by atoms with E-state index in [1.807, 2.05) is 18.4 Å². The number of fused-ring (bicyclic) bond motifs is 1. The van der Waals surface area contributed by atoms with Crippen molar-refractivity contribution in [2.75, 3.05) is 18.5 Å². The zero-order valence-electron chi connectivity index (χ0n) is 13.5. The fraction of sp³-hybridized carbons (Fsp3) is 0.643. The molecule has 0 aliphatic rings. The van der Waals surface area contributed by atoms with Crippen molar-refractivity contribution in [2.45, 2.75) is 32.7 Å². The molecule has 122 valence electrons. The summed E-state index contributed by atoms with van der Waals surface area (Å²) in [6.07, 6.45) is 1.42. The van der Waals surface area contributed by atoms with Crippen molar-refractivity contribution in [2.24, 2.45) is 14.1 Å². The summed E-state index contributed by atoms with van der Waals surface area (Å²) in [5, 5.41) is 12.0. The number of aliphatic hydroxyl groups is 1. The first-order chi connectivity index (χ1) is 10.4. The lowest BCUT2D eigenvalue weighted by molar-refractivity contribution is 0.292. The summed E-state index contributed by atoms with van der Waals surface area (Å²) < 4.78 is 4.40. The molecule has 22 heavy (non-hydrogen) atoms. The van der Waals surface area contributed by atoms with E-state index in [9.17, 15) is 9.59 Å². The lowest BCUT2D eigenvalue weighted by Crippen LogP contribution is -2.37. The molecule has 1 unspecified atom stereocenters. The lowest BCUT2D eigenvalue weighted by Gasteiger charge is -2.17. The number of rotatable bonds is 6. The van der Waals surface area contributed by atoms with Crippen LogP contribution >= 0.6 is 0 Å². The van der Waals surface area contributed by atoms with Crippen LogP contribution in [-0.2, 0) is 14.1 Å². The van der Waals surface area contributed by atoms with Gasteiger partial charge in [-0.3, -0.25) is 18.5 Å². The second kappa shape index (κ2) is 6.35. The average molecular weight is 309 g/mol. The number of aryl methyl sites for hydroxylation is 1. The summed E-state index contributed by atoms with van der Waals surface area (Å²) in [7, 11) is 3.09. The van der Waals surface area contributed by atoms with Crippen LogP contribution < -0.4 is 16.6 Å². The second-order valence-electron chi connectivity index (χ2n) is 5.44. The number of aliphatic hydroxyl groups excluding tert-OH is 1. The zero-order chi connectivity index (χ0) is 16.4. The van der Waals surface area contributed by atoms with Crippen LogP contribution in [0, 0.1) is 0 Å². The lowest BCUT2D eigenvalue weighted by atomic mass is 10.2. The summed E-state index contributed by atoms with van der Waals surface area (Å²) in [6.45, 7) is 4.68. The highest BCUT2D eigenvalue weighted by atomic mass is 16.3. The van der Waals surface area contributed by atoms with Crippen LogP contribution in [0.15, 0.2) is 9.59 Å². The van der Waals surface area contributed by atoms with Gasteiger partial charge in [-0.2, -0.15) is 0 Å². The summed E-state index contributed by atoms with van der Waals surface area (Å²) >= 11 is 0. The van der Waals surface area contributed by atoms with Gasteiger partial charge >= 0.3 is 5.69 Å². The minimum absolute atomic E-state index is 0.0802. The van der Waals surface area contributed by atoms with E-state index < -0.39 is 5.56 Å². The maximum absolute atomic E-state index is 12.3. The molecule has 0 aromatic carbocycles. The largest absolute Gasteiger partial charge is 0.396 e. The first kappa shape index (κ1) is 16.3. The molecule has 2 rings (SSSR count). The van der Waals surface area contributed by atoms with Gasteiger partial charge in [-0.05, 0) is 19.8 Å². The fourth-order valence-corrected chi connectivity index (χ4v) is 2.45. The highest BCUT2D eigenvalue weighted by Gasteiger charge is 2.21. The number of nitrogens with zero attached hydrogens (tertiary/aromatic N) is 4. The van der Waals surface area contributed by atoms with Crippen LogP contribution in [0.3, 0.4) is 0 Å². The van der Waals surface area contributed by atoms with Gasteiger partial charge in [0.15, 0.2) is 11.2 Å². The van der Waals surface area contributed by atoms with Gasteiger partial charge in [0.2, 0.25) is 5.95 Å². The molecule has 0 spiro atoms. The smallest absolute Gasteiger partial charge is 0.332 e. The summed E-state index contributed by atoms with van der Waals surface area (Å²) in [5.41, 5.74) is 0.0274. The Morgan fingerprint density at radius 2 is 1.95 bits per heavy atom. The van der Waals surface area contributed by atoms with Crippen molar-refractivity contribution in [3.63, 3.8) is 0 Å². The van der Waals surface area contributed by atoms with Gasteiger partial charge < -0.3 is 10.4 Å². The van der Waals surface area contributed by atoms with Crippen molar-refractivity contribution in [1.82, 2.24) is 18.7 Å². The Labute approximate surface area is 128 Å². The third-order valence-electron chi connectivity index (χ3n) is 3.93. The second-order valence-corrected chi connectivity index (χ2v) is 5.44. The highest BCUT2D eigenvalue weighted by Crippen LogP contribution is 2.23. The number of hydrogen-bond acceptors (Lipinski definition) is 5. The molecule has 0 radical (unpaired) electrons. The standard InChI is InChI=1S/C14H23N5O3/c1-5-9(2)19-11-10(16-13(19)15-7-6-8-20)12(21)18(4)14(22)17(11)3/h9,20H,5-8H2,1-4H3,(H,15,16). The SMILES string of the molecule is CCC(C)n1c(NCCCO)nc2c(=O)n(C)c(=O)n(C)c21. The third-order valence-corrected chi connectivity index (χ3v) is 3.93. The van der Waals surface area contributed by atoms with E-state index in [4.69, 9.17) is 5.11 Å². The van der Waals surface area contributed by atoms with Crippen LogP contribution in [0.4, 0.5) is 5.95 Å². The van der Waals surface area contributed by atoms with Crippen LogP contribution in [0.25, 0.3) is 11.2 Å². The summed E-state index contributed by atoms with van der Waals surface area (Å²) in [5.74, 6) is 0.552. The molecule has 0 bridgehead atoms. The minimum Gasteiger partial charge on any atom is -0.396 e. The van der Waals surface area contributed by atoms with Gasteiger partial charge in [0.1, 0.15) is 0 Å². The predicted octanol–water partition coefficient (Wildman–Crippen LogP) is 0.199. The third kappa shape index (κ3) is 2.54. The van der Waals surface area contributed by atoms with Crippen molar-refractivity contribution >= 4 is 17.1 Å². The minimum atomic E-state index is -0.398. The maximum atomic E-state index is 12.3. The van der Waals surface area contributed by atoms with E-state index in [0.717, 1.165) is 11.0 Å². The van der Waals surface area contributed by atoms with Crippen molar-refractivity contribution in [3.8, 4) is 0 Å². The number of nitrogens with one attached hydrogen (secondary N) is 1. The van der Waals surface area contributed by atoms with Crippen molar-refractivity contribution in [1.29, 1.82) is 0 Å². The highest BCUT2D eigenvalue weighted by molar-refractivity contribution is 5.74. The first-order valence-corrected chi connectivity index (χ1v) is 7.46. The Kier molecular flexibility index (Phi) is 4.70. The van der Waals surface area contributed by atoms with Crippen LogP contribution in [0.5, 0.6) is 0 Å². The molecule has 2 aromatic heterocycles. The van der Waals surface area contributed by atoms with E-state index in [-0.39, 0.29) is 23.9 Å². The number of aromatic nitrogens is 4. The number of hydrogen-bond donors (Lipinski definition) is 2. The van der Waals surface area contributed by atoms with E-state index in [2.05, 4.69) is 10.3 Å². The van der Waals surface area contributed by atoms with Gasteiger partial charge in [-0.15, -0.1) is 0 Å². The molecule has 0 fully saturated rings. The monoisotopic (exact) mass is 309 g/mol. The topological polar surface area (TPSA) is 94.1 Å². The molecular formula is C14H23N5O3. The van der Waals surface area contributed by atoms with Crippen LogP contribution in [0.2, 0.25) is 0 Å². The Balaban J connectivity index is 2.75. The van der Waals surface area contributed by atoms with Gasteiger partial charge in [-0.1, -0.05) is 6.92 Å². The summed E-state index contributed by atoms with van der Waals surface area (Å²) in [6, 6.07) is 0.0827. The Hall–Kier alpha value is -2.09. The molecule has 0 aliphatic heterocycles. The molecule has 8 nitrogen and oxygen atoms in total. The molecule has 0 saturated carbocycles. The molecule has 0 aliphatic carbocycles. The van der Waals surface area contributed by atoms with E-state index in [0.29, 0.717) is 24.6 Å². The van der Waals surface area contributed by atoms with Crippen molar-refractivity contribution in [3.05, 3.63) is 20.8 Å². The maximum Gasteiger partial charge on any atom is 0.332 e. The molecule has 0 amide bonds. The van der Waals surface area contributed by atoms with Gasteiger partial charge in [0.25, 0.3) is 5.56 Å². The normalized spacial score (nSPS) is 12.8. The molecule has 1 atom stereocenters. The number of imidazole rings is 1. The first-order valence-electron chi connectivity index (χ1n) is 7.46. The van der Waals surface area contributed by atoms with E-state index >= 15 is 0 Å². The molecule has 2 heterocycles. The van der Waals surface area contributed by atoms with Crippen molar-refractivity contribution < 1.29 is 5.11 Å². The van der Waals surface area contributed by atoms with Gasteiger partial charge in [0, 0.05) is 33.3 Å². The van der Waals surface area contributed by atoms with Crippen LogP contribution in [0.1, 0.15) is 32.7 Å². The number of anilines is 1. The molecular weight excluding hydrogens is 286 g/mol. The Morgan fingerprint density at radius 3 is 2.55 bits per heavy atom. The van der Waals surface area contributed by atoms with Gasteiger partial charge in [-0.25, -0.2) is 9.78 Å². The van der Waals surface area contributed by atoms with Crippen LogP contribution in [-0.4, -0.2) is 36.9 Å². The quantitative estimate of drug-likeness (QED) is 0.743. The Bertz CT molecular complexity index is 786. The average Bonchev–Trinajstić information content (AvgIpc) is 2.90. The van der Waals surface area contributed by atoms with E-state index in [1.54, 1.807) is 7.05 Å². The fourth-order valence-electron chi connectivity index (χ4n) is 2.45. The summed E-state index contributed by atoms with van der Waals surface area (Å²) in [4.78, 5) is 28.9. The van der Waals surface area contributed by atoms with E-state index in [1.165, 1.54) is 11.6 Å². The predicted molar refractivity (Wildman–Crippen MR) is 85.4 cm³/mol. The molecule has 2 aromatic rings. The van der Waals surface area contributed by atoms with Gasteiger partial charge in [0.05, 0.1) is 0 Å². The molecule has 2 N–H and O–H groups in total. The zero-order valence-corrected chi connectivity index (χ0v) is 13.5.